The summed E-state index contributed by atoms with van der Waals surface area (Å²) in [6, 6.07) is 0.121. The van der Waals surface area contributed by atoms with Crippen molar-refractivity contribution in [3.63, 3.8) is 0 Å². The van der Waals surface area contributed by atoms with Gasteiger partial charge in [0.1, 0.15) is 6.33 Å². The zero-order chi connectivity index (χ0) is 21.8. The van der Waals surface area contributed by atoms with Gasteiger partial charge in [-0.1, -0.05) is 0 Å². The van der Waals surface area contributed by atoms with Gasteiger partial charge in [0.15, 0.2) is 6.61 Å². The van der Waals surface area contributed by atoms with Gasteiger partial charge in [0.2, 0.25) is 0 Å². The molecule has 8 heteroatoms. The Kier molecular flexibility index (Phi) is 4.98. The van der Waals surface area contributed by atoms with Gasteiger partial charge in [-0.2, -0.15) is 10.1 Å². The van der Waals surface area contributed by atoms with Crippen LogP contribution in [0.2, 0.25) is 0 Å². The minimum atomic E-state index is -0.440. The Morgan fingerprint density at radius 2 is 1.84 bits per heavy atom. The number of nitrogens with one attached hydrogen (secondary N) is 1. The molecule has 4 saturated carbocycles. The second kappa shape index (κ2) is 7.57. The van der Waals surface area contributed by atoms with Crippen LogP contribution in [0.25, 0.3) is 5.78 Å². The summed E-state index contributed by atoms with van der Waals surface area (Å²) in [6.45, 7) is 5.61. The molecule has 31 heavy (non-hydrogen) atoms. The van der Waals surface area contributed by atoms with Crippen LogP contribution < -0.4 is 5.32 Å². The van der Waals surface area contributed by atoms with Crippen molar-refractivity contribution in [2.45, 2.75) is 71.8 Å². The van der Waals surface area contributed by atoms with Crippen molar-refractivity contribution in [1.82, 2.24) is 24.9 Å². The number of carbonyl (C=O) groups is 2. The third kappa shape index (κ3) is 3.70. The van der Waals surface area contributed by atoms with Crippen LogP contribution >= 0.6 is 0 Å². The number of nitrogens with zero attached hydrogens (tertiary/aromatic N) is 4. The quantitative estimate of drug-likeness (QED) is 0.714. The predicted octanol–water partition coefficient (Wildman–Crippen LogP) is 2.55. The molecule has 0 aromatic carbocycles. The number of carbonyl (C=O) groups excluding carboxylic acids is 2. The van der Waals surface area contributed by atoms with Crippen molar-refractivity contribution < 1.29 is 14.3 Å². The molecule has 166 valence electrons. The Labute approximate surface area is 182 Å². The molecule has 0 aliphatic heterocycles. The number of aromatic nitrogens is 4. The summed E-state index contributed by atoms with van der Waals surface area (Å²) in [5.41, 5.74) is 2.51. The van der Waals surface area contributed by atoms with Gasteiger partial charge in [-0.3, -0.25) is 9.59 Å². The van der Waals surface area contributed by atoms with Gasteiger partial charge in [-0.25, -0.2) is 9.50 Å². The van der Waals surface area contributed by atoms with Gasteiger partial charge >= 0.3 is 5.97 Å². The molecule has 1 atom stereocenters. The lowest BCUT2D eigenvalue weighted by Gasteiger charge is -2.59. The Bertz CT molecular complexity index is 994. The number of fused-ring (bicyclic) bond motifs is 1. The van der Waals surface area contributed by atoms with Crippen LogP contribution in [-0.2, 0) is 20.7 Å². The predicted molar refractivity (Wildman–Crippen MR) is 113 cm³/mol. The van der Waals surface area contributed by atoms with Crippen LogP contribution in [-0.4, -0.2) is 44.1 Å². The third-order valence-electron chi connectivity index (χ3n) is 8.06. The van der Waals surface area contributed by atoms with Gasteiger partial charge in [0, 0.05) is 23.0 Å². The summed E-state index contributed by atoms with van der Waals surface area (Å²) in [6.07, 6.45) is 9.33. The lowest BCUT2D eigenvalue weighted by Crippen LogP contribution is -2.56. The molecule has 0 spiro atoms. The highest BCUT2D eigenvalue weighted by molar-refractivity contribution is 5.81. The summed E-state index contributed by atoms with van der Waals surface area (Å²) >= 11 is 0. The largest absolute Gasteiger partial charge is 0.455 e. The molecule has 6 rings (SSSR count). The van der Waals surface area contributed by atoms with Gasteiger partial charge in [-0.05, 0) is 82.5 Å². The molecule has 4 aliphatic carbocycles. The van der Waals surface area contributed by atoms with E-state index in [4.69, 9.17) is 4.74 Å². The number of ether oxygens (including phenoxy) is 1. The van der Waals surface area contributed by atoms with Gasteiger partial charge in [0.05, 0.1) is 6.42 Å². The van der Waals surface area contributed by atoms with E-state index in [-0.39, 0.29) is 30.4 Å². The van der Waals surface area contributed by atoms with E-state index < -0.39 is 5.97 Å². The SMILES string of the molecule is Cc1nc2ncnn2c(C)c1CC(=O)OCC(=O)N[C@H](C)C12CC3CC(CC(C3)C1)C2. The molecule has 0 saturated heterocycles. The Morgan fingerprint density at radius 3 is 2.48 bits per heavy atom. The lowest BCUT2D eigenvalue weighted by molar-refractivity contribution is -0.149. The fourth-order valence-electron chi connectivity index (χ4n) is 6.90. The van der Waals surface area contributed by atoms with Crippen LogP contribution in [0.15, 0.2) is 6.33 Å². The molecule has 0 radical (unpaired) electrons. The number of hydrogen-bond donors (Lipinski definition) is 1. The fraction of sp³-hybridized carbons (Fsp3) is 0.696. The highest BCUT2D eigenvalue weighted by atomic mass is 16.5. The number of esters is 1. The molecule has 4 fully saturated rings. The van der Waals surface area contributed by atoms with Crippen molar-refractivity contribution >= 4 is 17.7 Å². The fourth-order valence-corrected chi connectivity index (χ4v) is 6.90. The van der Waals surface area contributed by atoms with Crippen LogP contribution in [0.5, 0.6) is 0 Å². The highest BCUT2D eigenvalue weighted by Gasteiger charge is 2.53. The van der Waals surface area contributed by atoms with E-state index >= 15 is 0 Å². The number of aryl methyl sites for hydroxylation is 2. The molecule has 4 bridgehead atoms. The average molecular weight is 426 g/mol. The maximum Gasteiger partial charge on any atom is 0.310 e. The lowest BCUT2D eigenvalue weighted by atomic mass is 9.48. The van der Waals surface area contributed by atoms with Crippen LogP contribution in [0.1, 0.15) is 62.4 Å². The minimum absolute atomic E-state index is 0.0538. The van der Waals surface area contributed by atoms with E-state index in [1.807, 2.05) is 13.8 Å². The topological polar surface area (TPSA) is 98.5 Å². The van der Waals surface area contributed by atoms with E-state index in [1.54, 1.807) is 4.52 Å². The normalized spacial score (nSPS) is 29.8. The first-order valence-corrected chi connectivity index (χ1v) is 11.4. The molecule has 4 aliphatic rings. The molecule has 0 unspecified atom stereocenters. The maximum atomic E-state index is 12.6. The van der Waals surface area contributed by atoms with Crippen molar-refractivity contribution in [3.05, 3.63) is 23.3 Å². The molecule has 2 aromatic heterocycles. The van der Waals surface area contributed by atoms with E-state index in [0.717, 1.165) is 34.7 Å². The molecule has 1 amide bonds. The molecule has 2 aromatic rings. The Hall–Kier alpha value is -2.51. The number of amides is 1. The van der Waals surface area contributed by atoms with Crippen molar-refractivity contribution in [2.24, 2.45) is 23.2 Å². The minimum Gasteiger partial charge on any atom is -0.455 e. The van der Waals surface area contributed by atoms with E-state index in [2.05, 4.69) is 27.3 Å². The van der Waals surface area contributed by atoms with Crippen LogP contribution in [0.3, 0.4) is 0 Å². The molecular weight excluding hydrogens is 394 g/mol. The van der Waals surface area contributed by atoms with Crippen molar-refractivity contribution in [2.75, 3.05) is 6.61 Å². The van der Waals surface area contributed by atoms with E-state index in [1.165, 1.54) is 44.9 Å². The smallest absolute Gasteiger partial charge is 0.310 e. The first-order valence-electron chi connectivity index (χ1n) is 11.4. The Balaban J connectivity index is 1.16. The molecule has 1 N–H and O–H groups in total. The zero-order valence-corrected chi connectivity index (χ0v) is 18.6. The van der Waals surface area contributed by atoms with Crippen molar-refractivity contribution in [3.8, 4) is 0 Å². The summed E-state index contributed by atoms with van der Waals surface area (Å²) in [5.74, 6) is 2.37. The molecule has 8 nitrogen and oxygen atoms in total. The first kappa shape index (κ1) is 20.4. The highest BCUT2D eigenvalue weighted by Crippen LogP contribution is 2.61. The van der Waals surface area contributed by atoms with Crippen LogP contribution in [0.4, 0.5) is 0 Å². The van der Waals surface area contributed by atoms with Gasteiger partial charge in [0.25, 0.3) is 11.7 Å². The summed E-state index contributed by atoms with van der Waals surface area (Å²) in [4.78, 5) is 33.4. The third-order valence-corrected chi connectivity index (χ3v) is 8.06. The van der Waals surface area contributed by atoms with Gasteiger partial charge in [-0.15, -0.1) is 0 Å². The van der Waals surface area contributed by atoms with Gasteiger partial charge < -0.3 is 10.1 Å². The van der Waals surface area contributed by atoms with E-state index in [0.29, 0.717) is 5.78 Å². The molecular formula is C23H31N5O3. The zero-order valence-electron chi connectivity index (χ0n) is 18.6. The monoisotopic (exact) mass is 425 g/mol. The average Bonchev–Trinajstić information content (AvgIpc) is 3.17. The summed E-state index contributed by atoms with van der Waals surface area (Å²) < 4.78 is 6.91. The number of hydrogen-bond acceptors (Lipinski definition) is 6. The second-order valence-corrected chi connectivity index (χ2v) is 10.1. The van der Waals surface area contributed by atoms with Crippen LogP contribution in [0, 0.1) is 37.0 Å². The summed E-state index contributed by atoms with van der Waals surface area (Å²) in [7, 11) is 0. The Morgan fingerprint density at radius 1 is 1.19 bits per heavy atom. The second-order valence-electron chi connectivity index (χ2n) is 10.1. The summed E-state index contributed by atoms with van der Waals surface area (Å²) in [5, 5.41) is 7.29. The number of rotatable bonds is 6. The standard InChI is InChI=1S/C23H31N5O3/c1-13-19(14(2)28-22(26-13)24-12-25-28)7-21(30)31-11-20(29)27-15(3)23-8-16-4-17(9-23)6-18(5-16)10-23/h12,15-18H,4-11H2,1-3H3,(H,27,29)/t15-,16?,17?,18?,23?/m1/s1. The molecule has 2 heterocycles. The van der Waals surface area contributed by atoms with Crippen molar-refractivity contribution in [1.29, 1.82) is 0 Å². The maximum absolute atomic E-state index is 12.6. The first-order chi connectivity index (χ1) is 14.8. The van der Waals surface area contributed by atoms with E-state index in [9.17, 15) is 9.59 Å².